The molecule has 1 aliphatic heterocycles. The van der Waals surface area contributed by atoms with Crippen molar-refractivity contribution in [2.24, 2.45) is 5.41 Å². The molecule has 2 rings (SSSR count). The smallest absolute Gasteiger partial charge is 0.119 e. The van der Waals surface area contributed by atoms with Crippen LogP contribution in [0.5, 0.6) is 0 Å². The Bertz CT molecular complexity index is 398. The van der Waals surface area contributed by atoms with Gasteiger partial charge in [-0.15, -0.1) is 11.8 Å². The van der Waals surface area contributed by atoms with Gasteiger partial charge in [0.2, 0.25) is 0 Å². The monoisotopic (exact) mass is 251 g/mol. The molecule has 0 atom stereocenters. The fourth-order valence-electron chi connectivity index (χ4n) is 1.80. The van der Waals surface area contributed by atoms with E-state index in [1.165, 1.54) is 16.1 Å². The lowest BCUT2D eigenvalue weighted by atomic mass is 10.0. The lowest BCUT2D eigenvalue weighted by Crippen LogP contribution is -2.26. The van der Waals surface area contributed by atoms with E-state index in [2.05, 4.69) is 50.9 Å². The minimum absolute atomic E-state index is 0.369. The van der Waals surface area contributed by atoms with Gasteiger partial charge >= 0.3 is 0 Å². The van der Waals surface area contributed by atoms with Crippen molar-refractivity contribution >= 4 is 17.4 Å². The summed E-state index contributed by atoms with van der Waals surface area (Å²) in [5.41, 5.74) is 2.97. The highest BCUT2D eigenvalue weighted by Gasteiger charge is 2.15. The van der Waals surface area contributed by atoms with Gasteiger partial charge in [0.25, 0.3) is 0 Å². The van der Waals surface area contributed by atoms with Crippen molar-refractivity contribution in [2.75, 3.05) is 24.4 Å². The third-order valence-electron chi connectivity index (χ3n) is 2.68. The van der Waals surface area contributed by atoms with Gasteiger partial charge in [-0.25, -0.2) is 0 Å². The zero-order valence-corrected chi connectivity index (χ0v) is 11.9. The van der Waals surface area contributed by atoms with Gasteiger partial charge in [0.05, 0.1) is 6.61 Å². The molecule has 0 amide bonds. The van der Waals surface area contributed by atoms with Crippen molar-refractivity contribution in [1.29, 1.82) is 0 Å². The second kappa shape index (κ2) is 4.91. The molecule has 0 saturated heterocycles. The fraction of sp³-hybridized carbons (Fsp3) is 0.571. The van der Waals surface area contributed by atoms with Crippen molar-refractivity contribution in [1.82, 2.24) is 0 Å². The molecule has 0 aromatic heterocycles. The van der Waals surface area contributed by atoms with Crippen LogP contribution < -0.4 is 4.90 Å². The predicted molar refractivity (Wildman–Crippen MR) is 74.7 cm³/mol. The highest BCUT2D eigenvalue weighted by molar-refractivity contribution is 7.99. The van der Waals surface area contributed by atoms with Crippen LogP contribution in [0.1, 0.15) is 26.3 Å². The number of fused-ring (bicyclic) bond motifs is 1. The summed E-state index contributed by atoms with van der Waals surface area (Å²) >= 11 is 1.93. The Labute approximate surface area is 108 Å². The largest absolute Gasteiger partial charge is 0.356 e. The molecule has 94 valence electrons. The molecule has 3 heteroatoms. The normalized spacial score (nSPS) is 15.9. The first kappa shape index (κ1) is 12.8. The number of hydrogen-bond acceptors (Lipinski definition) is 3. The standard InChI is InChI=1S/C14H21NOS/c1-14(2,3)9-17-12-5-6-13-11(7-12)8-16-10-15(13)4/h5-7H,8-10H2,1-4H3. The second-order valence-corrected chi connectivity index (χ2v) is 6.86. The van der Waals surface area contributed by atoms with Gasteiger partial charge in [-0.1, -0.05) is 20.8 Å². The molecule has 0 saturated carbocycles. The number of ether oxygens (including phenoxy) is 1. The molecule has 1 aromatic carbocycles. The van der Waals surface area contributed by atoms with Gasteiger partial charge in [0.15, 0.2) is 0 Å². The Morgan fingerprint density at radius 2 is 2.12 bits per heavy atom. The number of nitrogens with zero attached hydrogens (tertiary/aromatic N) is 1. The van der Waals surface area contributed by atoms with E-state index in [0.29, 0.717) is 12.1 Å². The number of thioether (sulfide) groups is 1. The molecule has 17 heavy (non-hydrogen) atoms. The summed E-state index contributed by atoms with van der Waals surface area (Å²) in [5.74, 6) is 1.14. The maximum absolute atomic E-state index is 5.53. The third kappa shape index (κ3) is 3.39. The second-order valence-electron chi connectivity index (χ2n) is 5.82. The van der Waals surface area contributed by atoms with Gasteiger partial charge in [0.1, 0.15) is 6.73 Å². The van der Waals surface area contributed by atoms with Gasteiger partial charge in [-0.3, -0.25) is 0 Å². The third-order valence-corrected chi connectivity index (χ3v) is 4.27. The zero-order chi connectivity index (χ0) is 12.5. The summed E-state index contributed by atoms with van der Waals surface area (Å²) in [5, 5.41) is 0. The summed E-state index contributed by atoms with van der Waals surface area (Å²) < 4.78 is 5.53. The van der Waals surface area contributed by atoms with E-state index >= 15 is 0 Å². The van der Waals surface area contributed by atoms with E-state index in [-0.39, 0.29) is 0 Å². The van der Waals surface area contributed by atoms with Gasteiger partial charge in [-0.05, 0) is 23.6 Å². The molecular weight excluding hydrogens is 230 g/mol. The Morgan fingerprint density at radius 1 is 1.35 bits per heavy atom. The van der Waals surface area contributed by atoms with Crippen LogP contribution in [-0.4, -0.2) is 19.5 Å². The van der Waals surface area contributed by atoms with E-state index in [4.69, 9.17) is 4.74 Å². The fourth-order valence-corrected chi connectivity index (χ4v) is 2.79. The van der Waals surface area contributed by atoms with Crippen molar-refractivity contribution in [3.05, 3.63) is 23.8 Å². The van der Waals surface area contributed by atoms with E-state index in [1.807, 2.05) is 11.8 Å². The van der Waals surface area contributed by atoms with Crippen LogP contribution in [0.15, 0.2) is 23.1 Å². The molecule has 1 aliphatic rings. The average molecular weight is 251 g/mol. The van der Waals surface area contributed by atoms with E-state index in [0.717, 1.165) is 12.4 Å². The molecule has 0 fully saturated rings. The Hall–Kier alpha value is -0.670. The van der Waals surface area contributed by atoms with Gasteiger partial charge in [-0.2, -0.15) is 0 Å². The Kier molecular flexibility index (Phi) is 3.69. The molecule has 2 nitrogen and oxygen atoms in total. The lowest BCUT2D eigenvalue weighted by molar-refractivity contribution is 0.113. The molecule has 0 unspecified atom stereocenters. The van der Waals surface area contributed by atoms with Crippen molar-refractivity contribution in [2.45, 2.75) is 32.3 Å². The number of anilines is 1. The van der Waals surface area contributed by atoms with Crippen LogP contribution in [0.25, 0.3) is 0 Å². The summed E-state index contributed by atoms with van der Waals surface area (Å²) in [6.07, 6.45) is 0. The first-order chi connectivity index (χ1) is 7.96. The number of rotatable bonds is 2. The minimum atomic E-state index is 0.369. The first-order valence-corrected chi connectivity index (χ1v) is 6.99. The van der Waals surface area contributed by atoms with Crippen molar-refractivity contribution in [3.63, 3.8) is 0 Å². The molecule has 0 spiro atoms. The summed E-state index contributed by atoms with van der Waals surface area (Å²) in [4.78, 5) is 3.49. The molecule has 1 aromatic rings. The van der Waals surface area contributed by atoms with Crippen molar-refractivity contribution in [3.8, 4) is 0 Å². The van der Waals surface area contributed by atoms with Crippen LogP contribution in [0.3, 0.4) is 0 Å². The summed E-state index contributed by atoms with van der Waals surface area (Å²) in [7, 11) is 2.07. The molecule has 0 N–H and O–H groups in total. The lowest BCUT2D eigenvalue weighted by Gasteiger charge is -2.28. The maximum atomic E-state index is 5.53. The molecule has 0 aliphatic carbocycles. The Morgan fingerprint density at radius 3 is 2.82 bits per heavy atom. The molecule has 0 bridgehead atoms. The molecule has 0 radical (unpaired) electrons. The van der Waals surface area contributed by atoms with Gasteiger partial charge < -0.3 is 9.64 Å². The van der Waals surface area contributed by atoms with E-state index in [1.54, 1.807) is 0 Å². The Balaban J connectivity index is 2.11. The van der Waals surface area contributed by atoms with Crippen LogP contribution in [0, 0.1) is 5.41 Å². The van der Waals surface area contributed by atoms with Crippen LogP contribution in [-0.2, 0) is 11.3 Å². The molecule has 1 heterocycles. The van der Waals surface area contributed by atoms with Crippen LogP contribution >= 0.6 is 11.8 Å². The summed E-state index contributed by atoms with van der Waals surface area (Å²) in [6, 6.07) is 6.70. The SMILES string of the molecule is CN1COCc2cc(SCC(C)(C)C)ccc21. The zero-order valence-electron chi connectivity index (χ0n) is 11.1. The average Bonchev–Trinajstić information content (AvgIpc) is 2.26. The minimum Gasteiger partial charge on any atom is -0.356 e. The van der Waals surface area contributed by atoms with E-state index < -0.39 is 0 Å². The topological polar surface area (TPSA) is 12.5 Å². The highest BCUT2D eigenvalue weighted by Crippen LogP contribution is 2.32. The highest BCUT2D eigenvalue weighted by atomic mass is 32.2. The van der Waals surface area contributed by atoms with Crippen LogP contribution in [0.2, 0.25) is 0 Å². The maximum Gasteiger partial charge on any atom is 0.119 e. The van der Waals surface area contributed by atoms with Gasteiger partial charge in [0, 0.05) is 28.9 Å². The quantitative estimate of drug-likeness (QED) is 0.743. The number of hydrogen-bond donors (Lipinski definition) is 0. The van der Waals surface area contributed by atoms with E-state index in [9.17, 15) is 0 Å². The van der Waals surface area contributed by atoms with Crippen molar-refractivity contribution < 1.29 is 4.74 Å². The first-order valence-electron chi connectivity index (χ1n) is 6.00. The predicted octanol–water partition coefficient (Wildman–Crippen LogP) is 3.75. The summed E-state index contributed by atoms with van der Waals surface area (Å²) in [6.45, 7) is 8.25. The number of benzene rings is 1. The van der Waals surface area contributed by atoms with Crippen LogP contribution in [0.4, 0.5) is 5.69 Å². The molecular formula is C14H21NOS.